The Morgan fingerprint density at radius 2 is 2.25 bits per heavy atom. The summed E-state index contributed by atoms with van der Waals surface area (Å²) in [6.07, 6.45) is 2.63. The number of pyridine rings is 1. The van der Waals surface area contributed by atoms with Gasteiger partial charge >= 0.3 is 0 Å². The first-order valence-electron chi connectivity index (χ1n) is 6.06. The van der Waals surface area contributed by atoms with Crippen LogP contribution in [0.5, 0.6) is 5.88 Å². The molecule has 1 heterocycles. The molecule has 0 amide bonds. The molecule has 16 heavy (non-hydrogen) atoms. The molecular formula is C13H20N2O. The highest BCUT2D eigenvalue weighted by atomic mass is 16.5. The normalized spacial score (nSPS) is 15.4. The zero-order valence-electron chi connectivity index (χ0n) is 10.1. The highest BCUT2D eigenvalue weighted by molar-refractivity contribution is 5.15. The van der Waals surface area contributed by atoms with E-state index >= 15 is 0 Å². The van der Waals surface area contributed by atoms with Gasteiger partial charge in [-0.2, -0.15) is 0 Å². The summed E-state index contributed by atoms with van der Waals surface area (Å²) in [7, 11) is 0. The maximum atomic E-state index is 5.64. The Balaban J connectivity index is 1.84. The molecule has 0 unspecified atom stereocenters. The Bertz CT molecular complexity index is 313. The monoisotopic (exact) mass is 220 g/mol. The van der Waals surface area contributed by atoms with Crippen molar-refractivity contribution in [2.75, 3.05) is 6.61 Å². The van der Waals surface area contributed by atoms with E-state index in [0.29, 0.717) is 6.04 Å². The van der Waals surface area contributed by atoms with Crippen LogP contribution >= 0.6 is 0 Å². The van der Waals surface area contributed by atoms with Gasteiger partial charge in [0, 0.05) is 18.7 Å². The summed E-state index contributed by atoms with van der Waals surface area (Å²) in [6, 6.07) is 6.45. The lowest BCUT2D eigenvalue weighted by atomic mass is 10.3. The predicted octanol–water partition coefficient (Wildman–Crippen LogP) is 2.37. The number of ether oxygens (including phenoxy) is 1. The zero-order valence-corrected chi connectivity index (χ0v) is 10.1. The van der Waals surface area contributed by atoms with Gasteiger partial charge in [0.15, 0.2) is 0 Å². The van der Waals surface area contributed by atoms with Gasteiger partial charge in [0.05, 0.1) is 12.3 Å². The second kappa shape index (κ2) is 5.30. The predicted molar refractivity (Wildman–Crippen MR) is 64.4 cm³/mol. The summed E-state index contributed by atoms with van der Waals surface area (Å²) in [4.78, 5) is 4.46. The van der Waals surface area contributed by atoms with Crippen LogP contribution in [0.4, 0.5) is 0 Å². The number of rotatable bonds is 6. The smallest absolute Gasteiger partial charge is 0.213 e. The number of hydrogen-bond acceptors (Lipinski definition) is 3. The van der Waals surface area contributed by atoms with Crippen molar-refractivity contribution < 1.29 is 4.74 Å². The molecule has 88 valence electrons. The molecule has 1 aromatic heterocycles. The minimum Gasteiger partial charge on any atom is -0.477 e. The third-order valence-corrected chi connectivity index (χ3v) is 2.64. The molecule has 0 aliphatic heterocycles. The van der Waals surface area contributed by atoms with Crippen molar-refractivity contribution in [1.29, 1.82) is 0 Å². The van der Waals surface area contributed by atoms with Gasteiger partial charge in [-0.1, -0.05) is 19.9 Å². The van der Waals surface area contributed by atoms with Crippen molar-refractivity contribution in [1.82, 2.24) is 10.3 Å². The lowest BCUT2D eigenvalue weighted by Crippen LogP contribution is -2.22. The molecular weight excluding hydrogens is 200 g/mol. The van der Waals surface area contributed by atoms with Crippen LogP contribution in [0.1, 0.15) is 32.4 Å². The molecule has 1 saturated carbocycles. The third kappa shape index (κ3) is 3.81. The highest BCUT2D eigenvalue weighted by Crippen LogP contribution is 2.29. The van der Waals surface area contributed by atoms with E-state index < -0.39 is 0 Å². The standard InChI is InChI=1S/C13H20N2O/c1-10(2)14-8-12-4-3-5-13(15-12)16-9-11-6-7-11/h3-5,10-11,14H,6-9H2,1-2H3. The van der Waals surface area contributed by atoms with Crippen molar-refractivity contribution in [2.45, 2.75) is 39.3 Å². The van der Waals surface area contributed by atoms with Crippen molar-refractivity contribution in [2.24, 2.45) is 5.92 Å². The van der Waals surface area contributed by atoms with E-state index in [1.54, 1.807) is 0 Å². The molecule has 1 aliphatic carbocycles. The van der Waals surface area contributed by atoms with Gasteiger partial charge in [-0.3, -0.25) is 0 Å². The minimum atomic E-state index is 0.484. The molecule has 1 aromatic rings. The fourth-order valence-electron chi connectivity index (χ4n) is 1.43. The van der Waals surface area contributed by atoms with Crippen LogP contribution in [-0.2, 0) is 6.54 Å². The average Bonchev–Trinajstić information content (AvgIpc) is 3.08. The van der Waals surface area contributed by atoms with Gasteiger partial charge in [0.2, 0.25) is 5.88 Å². The number of nitrogens with zero attached hydrogens (tertiary/aromatic N) is 1. The molecule has 2 rings (SSSR count). The molecule has 0 spiro atoms. The van der Waals surface area contributed by atoms with Crippen LogP contribution in [0.25, 0.3) is 0 Å². The summed E-state index contributed by atoms with van der Waals surface area (Å²) in [5, 5.41) is 3.35. The molecule has 0 radical (unpaired) electrons. The second-order valence-electron chi connectivity index (χ2n) is 4.76. The molecule has 1 fully saturated rings. The Kier molecular flexibility index (Phi) is 3.78. The van der Waals surface area contributed by atoms with E-state index in [1.807, 2.05) is 18.2 Å². The summed E-state index contributed by atoms with van der Waals surface area (Å²) in [5.41, 5.74) is 1.04. The maximum Gasteiger partial charge on any atom is 0.213 e. The first-order chi connectivity index (χ1) is 7.74. The fraction of sp³-hybridized carbons (Fsp3) is 0.615. The van der Waals surface area contributed by atoms with Crippen LogP contribution in [0.15, 0.2) is 18.2 Å². The Hall–Kier alpha value is -1.09. The lowest BCUT2D eigenvalue weighted by Gasteiger charge is -2.09. The largest absolute Gasteiger partial charge is 0.477 e. The van der Waals surface area contributed by atoms with Gasteiger partial charge in [-0.15, -0.1) is 0 Å². The zero-order chi connectivity index (χ0) is 11.4. The first kappa shape index (κ1) is 11.4. The number of hydrogen-bond donors (Lipinski definition) is 1. The molecule has 0 bridgehead atoms. The van der Waals surface area contributed by atoms with Gasteiger partial charge in [-0.25, -0.2) is 4.98 Å². The summed E-state index contributed by atoms with van der Waals surface area (Å²) < 4.78 is 5.64. The minimum absolute atomic E-state index is 0.484. The van der Waals surface area contributed by atoms with Gasteiger partial charge < -0.3 is 10.1 Å². The topological polar surface area (TPSA) is 34.1 Å². The van der Waals surface area contributed by atoms with Gasteiger partial charge in [-0.05, 0) is 24.8 Å². The van der Waals surface area contributed by atoms with Crippen LogP contribution in [-0.4, -0.2) is 17.6 Å². The van der Waals surface area contributed by atoms with Gasteiger partial charge in [0.1, 0.15) is 0 Å². The lowest BCUT2D eigenvalue weighted by molar-refractivity contribution is 0.287. The second-order valence-corrected chi connectivity index (χ2v) is 4.76. The molecule has 1 aliphatic rings. The average molecular weight is 220 g/mol. The first-order valence-corrected chi connectivity index (χ1v) is 6.06. The van der Waals surface area contributed by atoms with Gasteiger partial charge in [0.25, 0.3) is 0 Å². The van der Waals surface area contributed by atoms with E-state index in [4.69, 9.17) is 4.74 Å². The van der Waals surface area contributed by atoms with Crippen molar-refractivity contribution >= 4 is 0 Å². The van der Waals surface area contributed by atoms with Crippen molar-refractivity contribution in [3.8, 4) is 5.88 Å². The molecule has 1 N–H and O–H groups in total. The summed E-state index contributed by atoms with van der Waals surface area (Å²) >= 11 is 0. The van der Waals surface area contributed by atoms with Crippen molar-refractivity contribution in [3.63, 3.8) is 0 Å². The SMILES string of the molecule is CC(C)NCc1cccc(OCC2CC2)n1. The summed E-state index contributed by atoms with van der Waals surface area (Å²) in [5.74, 6) is 1.54. The number of nitrogens with one attached hydrogen (secondary N) is 1. The van der Waals surface area contributed by atoms with Crippen LogP contribution < -0.4 is 10.1 Å². The van der Waals surface area contributed by atoms with Crippen molar-refractivity contribution in [3.05, 3.63) is 23.9 Å². The van der Waals surface area contributed by atoms with E-state index in [9.17, 15) is 0 Å². The Morgan fingerprint density at radius 3 is 2.94 bits per heavy atom. The highest BCUT2D eigenvalue weighted by Gasteiger charge is 2.22. The third-order valence-electron chi connectivity index (χ3n) is 2.64. The van der Waals surface area contributed by atoms with E-state index in [2.05, 4.69) is 24.1 Å². The fourth-order valence-corrected chi connectivity index (χ4v) is 1.43. The van der Waals surface area contributed by atoms with Crippen LogP contribution in [0.2, 0.25) is 0 Å². The van der Waals surface area contributed by atoms with E-state index in [-0.39, 0.29) is 0 Å². The summed E-state index contributed by atoms with van der Waals surface area (Å²) in [6.45, 7) is 5.90. The molecule has 0 aromatic carbocycles. The Morgan fingerprint density at radius 1 is 1.44 bits per heavy atom. The molecule has 3 heteroatoms. The van der Waals surface area contributed by atoms with Crippen LogP contribution in [0.3, 0.4) is 0 Å². The molecule has 0 atom stereocenters. The van der Waals surface area contributed by atoms with E-state index in [0.717, 1.165) is 30.6 Å². The van der Waals surface area contributed by atoms with Crippen LogP contribution in [0, 0.1) is 5.92 Å². The van der Waals surface area contributed by atoms with E-state index in [1.165, 1.54) is 12.8 Å². The Labute approximate surface area is 97.2 Å². The number of aromatic nitrogens is 1. The maximum absolute atomic E-state index is 5.64. The molecule has 0 saturated heterocycles. The quantitative estimate of drug-likeness (QED) is 0.799. The molecule has 3 nitrogen and oxygen atoms in total.